The second-order valence-electron chi connectivity index (χ2n) is 7.51. The molecule has 0 aliphatic rings. The summed E-state index contributed by atoms with van der Waals surface area (Å²) >= 11 is 0. The number of benzene rings is 2. The van der Waals surface area contributed by atoms with Gasteiger partial charge < -0.3 is 14.5 Å². The maximum Gasteiger partial charge on any atom is 0.347 e. The molecule has 1 atom stereocenters. The third kappa shape index (κ3) is 4.12. The molecule has 4 rings (SSSR count). The van der Waals surface area contributed by atoms with E-state index >= 15 is 0 Å². The minimum absolute atomic E-state index is 0.267. The zero-order valence-electron chi connectivity index (χ0n) is 18.4. The van der Waals surface area contributed by atoms with Crippen molar-refractivity contribution >= 4 is 17.0 Å². The van der Waals surface area contributed by atoms with Gasteiger partial charge in [0.2, 0.25) is 0 Å². The van der Waals surface area contributed by atoms with Gasteiger partial charge in [-0.05, 0) is 75.2 Å². The fourth-order valence-corrected chi connectivity index (χ4v) is 3.30. The summed E-state index contributed by atoms with van der Waals surface area (Å²) in [6.45, 7) is 7.75. The van der Waals surface area contributed by atoms with Crippen LogP contribution in [0.5, 0.6) is 5.75 Å². The van der Waals surface area contributed by atoms with E-state index < -0.39 is 12.1 Å². The van der Waals surface area contributed by atoms with Gasteiger partial charge in [-0.2, -0.15) is 5.10 Å². The van der Waals surface area contributed by atoms with Crippen molar-refractivity contribution in [3.05, 3.63) is 70.1 Å². The lowest BCUT2D eigenvalue weighted by molar-refractivity contribution is -0.150. The first-order valence-corrected chi connectivity index (χ1v) is 10.4. The monoisotopic (exact) mass is 432 g/mol. The number of carbonyl (C=O) groups is 1. The Hall–Kier alpha value is -3.94. The number of nitrogens with zero attached hydrogens (tertiary/aromatic N) is 3. The number of ether oxygens (including phenoxy) is 2. The summed E-state index contributed by atoms with van der Waals surface area (Å²) < 4.78 is 12.2. The molecule has 0 radical (unpaired) electrons. The van der Waals surface area contributed by atoms with E-state index in [1.54, 1.807) is 42.8 Å². The molecule has 2 aromatic carbocycles. The summed E-state index contributed by atoms with van der Waals surface area (Å²) in [6.07, 6.45) is 0.802. The molecular weight excluding hydrogens is 408 g/mol. The molecule has 2 heterocycles. The zero-order chi connectivity index (χ0) is 22.8. The average molecular weight is 432 g/mol. The Bertz CT molecular complexity index is 1340. The molecule has 0 aliphatic heterocycles. The number of H-pyrrole nitrogens is 1. The molecule has 8 nitrogen and oxygen atoms in total. The predicted octanol–water partition coefficient (Wildman–Crippen LogP) is 3.72. The molecule has 0 spiro atoms. The van der Waals surface area contributed by atoms with Crippen molar-refractivity contribution < 1.29 is 14.3 Å². The molecule has 164 valence electrons. The van der Waals surface area contributed by atoms with E-state index in [4.69, 9.17) is 9.47 Å². The van der Waals surface area contributed by atoms with Crippen LogP contribution in [-0.2, 0) is 9.53 Å². The number of nitrogens with one attached hydrogen (secondary N) is 1. The van der Waals surface area contributed by atoms with Crippen molar-refractivity contribution in [2.75, 3.05) is 6.61 Å². The standard InChI is InChI=1S/C24H24N4O4/c1-5-31-24(30)16(4)32-19-10-7-17(8-11-19)21-26-22-20(23(29)27-21)13-25-28(22)18-9-6-14(2)15(3)12-18/h6-13,16H,5H2,1-4H3,(H,26,27,29). The van der Waals surface area contributed by atoms with Crippen LogP contribution in [0.3, 0.4) is 0 Å². The number of rotatable bonds is 6. The van der Waals surface area contributed by atoms with Crippen LogP contribution in [0.15, 0.2) is 53.5 Å². The predicted molar refractivity (Wildman–Crippen MR) is 121 cm³/mol. The van der Waals surface area contributed by atoms with Crippen molar-refractivity contribution in [3.8, 4) is 22.8 Å². The number of hydrogen-bond donors (Lipinski definition) is 1. The molecule has 0 saturated carbocycles. The highest BCUT2D eigenvalue weighted by Crippen LogP contribution is 2.22. The highest BCUT2D eigenvalue weighted by atomic mass is 16.6. The van der Waals surface area contributed by atoms with Gasteiger partial charge in [-0.3, -0.25) is 4.79 Å². The van der Waals surface area contributed by atoms with Crippen LogP contribution in [0.4, 0.5) is 0 Å². The number of aromatic amines is 1. The molecule has 0 bridgehead atoms. The van der Waals surface area contributed by atoms with Crippen LogP contribution >= 0.6 is 0 Å². The van der Waals surface area contributed by atoms with E-state index in [-0.39, 0.29) is 5.56 Å². The van der Waals surface area contributed by atoms with Crippen LogP contribution in [0.1, 0.15) is 25.0 Å². The Morgan fingerprint density at radius 2 is 1.88 bits per heavy atom. The van der Waals surface area contributed by atoms with Gasteiger partial charge >= 0.3 is 5.97 Å². The van der Waals surface area contributed by atoms with E-state index in [0.29, 0.717) is 34.8 Å². The van der Waals surface area contributed by atoms with Gasteiger partial charge in [-0.1, -0.05) is 6.07 Å². The van der Waals surface area contributed by atoms with Crippen molar-refractivity contribution in [1.29, 1.82) is 0 Å². The summed E-state index contributed by atoms with van der Waals surface area (Å²) in [4.78, 5) is 31.9. The molecule has 1 N–H and O–H groups in total. The van der Waals surface area contributed by atoms with Crippen LogP contribution < -0.4 is 10.3 Å². The van der Waals surface area contributed by atoms with Gasteiger partial charge in [-0.25, -0.2) is 14.5 Å². The van der Waals surface area contributed by atoms with Gasteiger partial charge in [0.1, 0.15) is 17.0 Å². The molecule has 0 fully saturated rings. The third-order valence-electron chi connectivity index (χ3n) is 5.23. The fraction of sp³-hybridized carbons (Fsp3) is 0.250. The van der Waals surface area contributed by atoms with Crippen LogP contribution in [0.2, 0.25) is 0 Å². The van der Waals surface area contributed by atoms with Gasteiger partial charge in [0.05, 0.1) is 18.5 Å². The van der Waals surface area contributed by atoms with E-state index in [0.717, 1.165) is 11.3 Å². The summed E-state index contributed by atoms with van der Waals surface area (Å²) in [6, 6.07) is 13.0. The molecule has 32 heavy (non-hydrogen) atoms. The Labute approximate surface area is 184 Å². The Balaban J connectivity index is 1.67. The second kappa shape index (κ2) is 8.66. The molecular formula is C24H24N4O4. The summed E-state index contributed by atoms with van der Waals surface area (Å²) in [5, 5.41) is 4.79. The first-order valence-electron chi connectivity index (χ1n) is 10.4. The van der Waals surface area contributed by atoms with Crippen molar-refractivity contribution in [1.82, 2.24) is 19.7 Å². The molecule has 2 aromatic heterocycles. The fourth-order valence-electron chi connectivity index (χ4n) is 3.30. The Morgan fingerprint density at radius 1 is 1.12 bits per heavy atom. The minimum atomic E-state index is -0.720. The number of fused-ring (bicyclic) bond motifs is 1. The molecule has 0 saturated heterocycles. The maximum absolute atomic E-state index is 12.7. The van der Waals surface area contributed by atoms with Gasteiger partial charge in [0.15, 0.2) is 11.8 Å². The highest BCUT2D eigenvalue weighted by molar-refractivity contribution is 5.77. The minimum Gasteiger partial charge on any atom is -0.479 e. The third-order valence-corrected chi connectivity index (χ3v) is 5.23. The zero-order valence-corrected chi connectivity index (χ0v) is 18.4. The lowest BCUT2D eigenvalue weighted by Gasteiger charge is -2.13. The summed E-state index contributed by atoms with van der Waals surface area (Å²) in [5.41, 5.74) is 4.05. The molecule has 8 heteroatoms. The van der Waals surface area contributed by atoms with Crippen molar-refractivity contribution in [2.24, 2.45) is 0 Å². The summed E-state index contributed by atoms with van der Waals surface area (Å²) in [7, 11) is 0. The van der Waals surface area contributed by atoms with Gasteiger partial charge in [-0.15, -0.1) is 0 Å². The number of aromatic nitrogens is 4. The van der Waals surface area contributed by atoms with E-state index in [1.807, 2.05) is 32.0 Å². The second-order valence-corrected chi connectivity index (χ2v) is 7.51. The topological polar surface area (TPSA) is 99.1 Å². The lowest BCUT2D eigenvalue weighted by Crippen LogP contribution is -2.26. The first kappa shape index (κ1) is 21.3. The first-order chi connectivity index (χ1) is 15.4. The van der Waals surface area contributed by atoms with Gasteiger partial charge in [0.25, 0.3) is 5.56 Å². The number of hydrogen-bond acceptors (Lipinski definition) is 6. The van der Waals surface area contributed by atoms with Crippen molar-refractivity contribution in [3.63, 3.8) is 0 Å². The van der Waals surface area contributed by atoms with E-state index in [9.17, 15) is 9.59 Å². The van der Waals surface area contributed by atoms with E-state index in [1.165, 1.54) is 11.8 Å². The highest BCUT2D eigenvalue weighted by Gasteiger charge is 2.16. The Kier molecular flexibility index (Phi) is 5.77. The number of aryl methyl sites for hydroxylation is 2. The van der Waals surface area contributed by atoms with E-state index in [2.05, 4.69) is 15.1 Å². The largest absolute Gasteiger partial charge is 0.479 e. The molecule has 1 unspecified atom stereocenters. The quantitative estimate of drug-likeness (QED) is 0.466. The normalized spacial score (nSPS) is 12.0. The Morgan fingerprint density at radius 3 is 2.56 bits per heavy atom. The smallest absolute Gasteiger partial charge is 0.347 e. The number of carbonyl (C=O) groups excluding carboxylic acids is 1. The average Bonchev–Trinajstić information content (AvgIpc) is 3.21. The molecule has 0 aliphatic carbocycles. The maximum atomic E-state index is 12.7. The number of esters is 1. The summed E-state index contributed by atoms with van der Waals surface area (Å²) in [5.74, 6) is 0.503. The van der Waals surface area contributed by atoms with Gasteiger partial charge in [0, 0.05) is 5.56 Å². The van der Waals surface area contributed by atoms with Crippen LogP contribution in [0, 0.1) is 13.8 Å². The van der Waals surface area contributed by atoms with Crippen molar-refractivity contribution in [2.45, 2.75) is 33.8 Å². The van der Waals surface area contributed by atoms with Crippen LogP contribution in [0.25, 0.3) is 28.1 Å². The van der Waals surface area contributed by atoms with Crippen LogP contribution in [-0.4, -0.2) is 38.4 Å². The molecule has 0 amide bonds. The molecule has 4 aromatic rings. The SMILES string of the molecule is CCOC(=O)C(C)Oc1ccc(-c2nc3c(cnn3-c3ccc(C)c(C)c3)c(=O)[nH]2)cc1. The lowest BCUT2D eigenvalue weighted by atomic mass is 10.1.